The number of benzene rings is 2. The van der Waals surface area contributed by atoms with E-state index >= 15 is 0 Å². The Morgan fingerprint density at radius 1 is 1.10 bits per heavy atom. The summed E-state index contributed by atoms with van der Waals surface area (Å²) in [6.45, 7) is 6.88. The second-order valence-corrected chi connectivity index (χ2v) is 4.88. The number of fused-ring (bicyclic) bond motifs is 1. The lowest BCUT2D eigenvalue weighted by molar-refractivity contribution is 0.221. The van der Waals surface area contributed by atoms with Crippen LogP contribution in [0.5, 0.6) is 5.75 Å². The standard InChI is InChI=1S/C17H24N2O/c1-4-19(5-2)15(12-18)17-14-9-7-6-8-13(14)10-11-16(17)20-3/h6-11,15H,4-5,12,18H2,1-3H3/t15-/m0/s1. The molecule has 2 N–H and O–H groups in total. The first-order valence-corrected chi connectivity index (χ1v) is 7.26. The molecule has 20 heavy (non-hydrogen) atoms. The highest BCUT2D eigenvalue weighted by Gasteiger charge is 2.22. The van der Waals surface area contributed by atoms with Crippen molar-refractivity contribution >= 4 is 10.8 Å². The molecule has 0 bridgehead atoms. The van der Waals surface area contributed by atoms with E-state index in [1.54, 1.807) is 7.11 Å². The van der Waals surface area contributed by atoms with Crippen LogP contribution in [0.4, 0.5) is 0 Å². The Kier molecular flexibility index (Phi) is 4.99. The van der Waals surface area contributed by atoms with Crippen LogP contribution in [-0.4, -0.2) is 31.6 Å². The van der Waals surface area contributed by atoms with Crippen molar-refractivity contribution in [3.8, 4) is 5.75 Å². The zero-order valence-corrected chi connectivity index (χ0v) is 12.6. The minimum atomic E-state index is 0.186. The average Bonchev–Trinajstić information content (AvgIpc) is 2.51. The lowest BCUT2D eigenvalue weighted by Crippen LogP contribution is -2.33. The van der Waals surface area contributed by atoms with Crippen LogP contribution in [0.2, 0.25) is 0 Å². The summed E-state index contributed by atoms with van der Waals surface area (Å²) in [6, 6.07) is 12.8. The Balaban J connectivity index is 2.65. The fraction of sp³-hybridized carbons (Fsp3) is 0.412. The predicted molar refractivity (Wildman–Crippen MR) is 85.2 cm³/mol. The number of rotatable bonds is 6. The molecule has 2 aromatic carbocycles. The Morgan fingerprint density at radius 2 is 1.80 bits per heavy atom. The van der Waals surface area contributed by atoms with Gasteiger partial charge in [0.1, 0.15) is 5.75 Å². The summed E-state index contributed by atoms with van der Waals surface area (Å²) in [6.07, 6.45) is 0. The van der Waals surface area contributed by atoms with Crippen molar-refractivity contribution in [3.05, 3.63) is 42.0 Å². The van der Waals surface area contributed by atoms with Crippen molar-refractivity contribution < 1.29 is 4.74 Å². The van der Waals surface area contributed by atoms with Gasteiger partial charge in [0.25, 0.3) is 0 Å². The summed E-state index contributed by atoms with van der Waals surface area (Å²) in [7, 11) is 1.73. The van der Waals surface area contributed by atoms with Gasteiger partial charge in [-0.3, -0.25) is 4.90 Å². The molecule has 2 rings (SSSR count). The molecule has 0 saturated heterocycles. The minimum absolute atomic E-state index is 0.186. The number of nitrogens with two attached hydrogens (primary N) is 1. The lowest BCUT2D eigenvalue weighted by Gasteiger charge is -2.31. The Hall–Kier alpha value is -1.58. The largest absolute Gasteiger partial charge is 0.496 e. The third-order valence-corrected chi connectivity index (χ3v) is 3.96. The van der Waals surface area contributed by atoms with E-state index in [0.717, 1.165) is 18.8 Å². The molecule has 0 aliphatic rings. The molecule has 0 spiro atoms. The van der Waals surface area contributed by atoms with Crippen LogP contribution in [0.25, 0.3) is 10.8 Å². The normalized spacial score (nSPS) is 12.8. The molecule has 0 unspecified atom stereocenters. The SMILES string of the molecule is CCN(CC)[C@@H](CN)c1c(OC)ccc2ccccc12. The van der Waals surface area contributed by atoms with Gasteiger partial charge in [-0.1, -0.05) is 44.2 Å². The van der Waals surface area contributed by atoms with E-state index in [1.807, 2.05) is 6.07 Å². The molecular weight excluding hydrogens is 248 g/mol. The zero-order chi connectivity index (χ0) is 14.5. The number of methoxy groups -OCH3 is 1. The van der Waals surface area contributed by atoms with Crippen LogP contribution in [0.3, 0.4) is 0 Å². The molecule has 0 aliphatic heterocycles. The third kappa shape index (κ3) is 2.65. The number of likely N-dealkylation sites (N-methyl/N-ethyl adjacent to an activating group) is 1. The van der Waals surface area contributed by atoms with Gasteiger partial charge in [0.15, 0.2) is 0 Å². The van der Waals surface area contributed by atoms with Crippen molar-refractivity contribution in [3.63, 3.8) is 0 Å². The van der Waals surface area contributed by atoms with Gasteiger partial charge in [-0.25, -0.2) is 0 Å². The molecule has 2 aromatic rings. The highest BCUT2D eigenvalue weighted by molar-refractivity contribution is 5.88. The number of hydrogen-bond donors (Lipinski definition) is 1. The Bertz CT molecular complexity index is 564. The van der Waals surface area contributed by atoms with E-state index in [0.29, 0.717) is 6.54 Å². The van der Waals surface area contributed by atoms with E-state index in [1.165, 1.54) is 16.3 Å². The summed E-state index contributed by atoms with van der Waals surface area (Å²) in [5.41, 5.74) is 7.28. The van der Waals surface area contributed by atoms with E-state index < -0.39 is 0 Å². The van der Waals surface area contributed by atoms with Crippen molar-refractivity contribution in [1.82, 2.24) is 4.90 Å². The summed E-state index contributed by atoms with van der Waals surface area (Å²) < 4.78 is 5.59. The van der Waals surface area contributed by atoms with Gasteiger partial charge in [-0.15, -0.1) is 0 Å². The third-order valence-electron chi connectivity index (χ3n) is 3.96. The fourth-order valence-electron chi connectivity index (χ4n) is 2.91. The second-order valence-electron chi connectivity index (χ2n) is 4.88. The molecule has 108 valence electrons. The van der Waals surface area contributed by atoms with Crippen LogP contribution in [0, 0.1) is 0 Å². The van der Waals surface area contributed by atoms with E-state index in [2.05, 4.69) is 49.1 Å². The van der Waals surface area contributed by atoms with E-state index in [-0.39, 0.29) is 6.04 Å². The maximum Gasteiger partial charge on any atom is 0.124 e. The summed E-state index contributed by atoms with van der Waals surface area (Å²) >= 11 is 0. The fourth-order valence-corrected chi connectivity index (χ4v) is 2.91. The number of ether oxygens (including phenoxy) is 1. The van der Waals surface area contributed by atoms with Gasteiger partial charge >= 0.3 is 0 Å². The van der Waals surface area contributed by atoms with Gasteiger partial charge in [0, 0.05) is 12.1 Å². The first-order chi connectivity index (χ1) is 9.76. The minimum Gasteiger partial charge on any atom is -0.496 e. The van der Waals surface area contributed by atoms with Gasteiger partial charge in [-0.2, -0.15) is 0 Å². The molecule has 0 heterocycles. The Labute approximate surface area is 121 Å². The molecule has 3 heteroatoms. The monoisotopic (exact) mass is 272 g/mol. The lowest BCUT2D eigenvalue weighted by atomic mass is 9.96. The molecule has 0 fully saturated rings. The van der Waals surface area contributed by atoms with Crippen LogP contribution in [0.15, 0.2) is 36.4 Å². The van der Waals surface area contributed by atoms with Gasteiger partial charge < -0.3 is 10.5 Å². The molecule has 0 aromatic heterocycles. The van der Waals surface area contributed by atoms with E-state index in [9.17, 15) is 0 Å². The van der Waals surface area contributed by atoms with Gasteiger partial charge in [0.2, 0.25) is 0 Å². The summed E-state index contributed by atoms with van der Waals surface area (Å²) in [5.74, 6) is 0.922. The highest BCUT2D eigenvalue weighted by Crippen LogP contribution is 2.35. The summed E-state index contributed by atoms with van der Waals surface area (Å²) in [5, 5.41) is 2.46. The maximum atomic E-state index is 6.07. The average molecular weight is 272 g/mol. The molecule has 0 aliphatic carbocycles. The molecule has 1 atom stereocenters. The smallest absolute Gasteiger partial charge is 0.124 e. The van der Waals surface area contributed by atoms with Crippen molar-refractivity contribution in [2.24, 2.45) is 5.73 Å². The van der Waals surface area contributed by atoms with Crippen LogP contribution < -0.4 is 10.5 Å². The molecule has 0 saturated carbocycles. The summed E-state index contributed by atoms with van der Waals surface area (Å²) in [4.78, 5) is 2.38. The van der Waals surface area contributed by atoms with E-state index in [4.69, 9.17) is 10.5 Å². The van der Waals surface area contributed by atoms with Crippen LogP contribution in [-0.2, 0) is 0 Å². The van der Waals surface area contributed by atoms with Crippen molar-refractivity contribution in [2.75, 3.05) is 26.7 Å². The zero-order valence-electron chi connectivity index (χ0n) is 12.6. The van der Waals surface area contributed by atoms with Crippen molar-refractivity contribution in [1.29, 1.82) is 0 Å². The number of nitrogens with zero attached hydrogens (tertiary/aromatic N) is 1. The van der Waals surface area contributed by atoms with Gasteiger partial charge in [-0.05, 0) is 29.9 Å². The molecule has 3 nitrogen and oxygen atoms in total. The number of hydrogen-bond acceptors (Lipinski definition) is 3. The van der Waals surface area contributed by atoms with Crippen LogP contribution in [0.1, 0.15) is 25.5 Å². The first kappa shape index (κ1) is 14.8. The maximum absolute atomic E-state index is 6.07. The first-order valence-electron chi connectivity index (χ1n) is 7.26. The van der Waals surface area contributed by atoms with Crippen LogP contribution >= 0.6 is 0 Å². The molecular formula is C17H24N2O. The molecule has 0 amide bonds. The van der Waals surface area contributed by atoms with Gasteiger partial charge in [0.05, 0.1) is 13.2 Å². The molecule has 0 radical (unpaired) electrons. The predicted octanol–water partition coefficient (Wildman–Crippen LogP) is 3.19. The topological polar surface area (TPSA) is 38.5 Å². The Morgan fingerprint density at radius 3 is 2.40 bits per heavy atom. The second kappa shape index (κ2) is 6.73. The quantitative estimate of drug-likeness (QED) is 0.877. The highest BCUT2D eigenvalue weighted by atomic mass is 16.5. The van der Waals surface area contributed by atoms with Crippen molar-refractivity contribution in [2.45, 2.75) is 19.9 Å².